The Bertz CT molecular complexity index is 734. The van der Waals surface area contributed by atoms with Crippen molar-refractivity contribution < 1.29 is 0 Å². The van der Waals surface area contributed by atoms with Crippen LogP contribution in [-0.4, -0.2) is 4.98 Å². The third kappa shape index (κ3) is 2.23. The summed E-state index contributed by atoms with van der Waals surface area (Å²) in [6, 6.07) is 13.3. The van der Waals surface area contributed by atoms with Crippen LogP contribution in [0.2, 0.25) is 10.0 Å². The quantitative estimate of drug-likeness (QED) is 0.716. The molecule has 0 aliphatic rings. The number of hydrogen-bond acceptors (Lipinski definition) is 1. The number of H-pyrrole nitrogens is 1. The fourth-order valence-electron chi connectivity index (χ4n) is 2.24. The van der Waals surface area contributed by atoms with E-state index in [1.54, 1.807) is 6.07 Å². The van der Waals surface area contributed by atoms with Gasteiger partial charge in [-0.15, -0.1) is 0 Å². The molecule has 0 fully saturated rings. The highest BCUT2D eigenvalue weighted by Crippen LogP contribution is 2.30. The van der Waals surface area contributed by atoms with E-state index in [1.165, 1.54) is 0 Å². The lowest BCUT2D eigenvalue weighted by molar-refractivity contribution is 0.880. The predicted molar refractivity (Wildman–Crippen MR) is 80.8 cm³/mol. The van der Waals surface area contributed by atoms with E-state index < -0.39 is 0 Å². The van der Waals surface area contributed by atoms with E-state index >= 15 is 0 Å². The van der Waals surface area contributed by atoms with Crippen molar-refractivity contribution in [1.29, 1.82) is 0 Å². The van der Waals surface area contributed by atoms with Crippen LogP contribution in [0.4, 0.5) is 0 Å². The first kappa shape index (κ1) is 12.5. The lowest BCUT2D eigenvalue weighted by Crippen LogP contribution is -2.11. The molecule has 1 unspecified atom stereocenters. The first-order valence-electron chi connectivity index (χ1n) is 5.93. The van der Waals surface area contributed by atoms with E-state index in [0.717, 1.165) is 22.0 Å². The Kier molecular flexibility index (Phi) is 3.23. The van der Waals surface area contributed by atoms with Gasteiger partial charge in [-0.1, -0.05) is 47.5 Å². The van der Waals surface area contributed by atoms with Crippen molar-refractivity contribution >= 4 is 34.1 Å². The summed E-state index contributed by atoms with van der Waals surface area (Å²) in [6.07, 6.45) is 1.94. The Morgan fingerprint density at radius 2 is 1.79 bits per heavy atom. The maximum absolute atomic E-state index is 6.32. The summed E-state index contributed by atoms with van der Waals surface area (Å²) < 4.78 is 0. The van der Waals surface area contributed by atoms with E-state index in [9.17, 15) is 0 Å². The van der Waals surface area contributed by atoms with Crippen molar-refractivity contribution in [2.45, 2.75) is 6.04 Å². The number of aromatic amines is 1. The van der Waals surface area contributed by atoms with Crippen LogP contribution in [0.3, 0.4) is 0 Å². The van der Waals surface area contributed by atoms with Crippen molar-refractivity contribution in [3.63, 3.8) is 0 Å². The SMILES string of the molecule is NC(c1ccc(Cl)c(Cl)c1)c1c[nH]c2ccccc12. The maximum atomic E-state index is 6.32. The normalized spacial score (nSPS) is 12.8. The minimum absolute atomic E-state index is 0.231. The lowest BCUT2D eigenvalue weighted by atomic mass is 9.99. The van der Waals surface area contributed by atoms with Gasteiger partial charge in [-0.2, -0.15) is 0 Å². The highest BCUT2D eigenvalue weighted by atomic mass is 35.5. The van der Waals surface area contributed by atoms with Gasteiger partial charge in [-0.3, -0.25) is 0 Å². The Balaban J connectivity index is 2.08. The fourth-order valence-corrected chi connectivity index (χ4v) is 2.54. The van der Waals surface area contributed by atoms with Crippen molar-refractivity contribution in [2.24, 2.45) is 5.73 Å². The minimum atomic E-state index is -0.231. The molecule has 1 heterocycles. The van der Waals surface area contributed by atoms with Crippen LogP contribution in [0, 0.1) is 0 Å². The molecule has 2 aromatic carbocycles. The van der Waals surface area contributed by atoms with Crippen molar-refractivity contribution in [1.82, 2.24) is 4.98 Å². The summed E-state index contributed by atoms with van der Waals surface area (Å²) in [6.45, 7) is 0. The van der Waals surface area contributed by atoms with Crippen LogP contribution < -0.4 is 5.73 Å². The molecule has 0 aliphatic carbocycles. The van der Waals surface area contributed by atoms with Gasteiger partial charge in [0.1, 0.15) is 0 Å². The van der Waals surface area contributed by atoms with Crippen LogP contribution in [0.15, 0.2) is 48.7 Å². The smallest absolute Gasteiger partial charge is 0.0595 e. The number of nitrogens with two attached hydrogens (primary N) is 1. The van der Waals surface area contributed by atoms with E-state index in [0.29, 0.717) is 10.0 Å². The number of rotatable bonds is 2. The van der Waals surface area contributed by atoms with Crippen molar-refractivity contribution in [3.8, 4) is 0 Å². The second kappa shape index (κ2) is 4.89. The van der Waals surface area contributed by atoms with Gasteiger partial charge in [-0.25, -0.2) is 0 Å². The number of aromatic nitrogens is 1. The van der Waals surface area contributed by atoms with Crippen molar-refractivity contribution in [3.05, 3.63) is 69.8 Å². The van der Waals surface area contributed by atoms with Gasteiger partial charge in [0.15, 0.2) is 0 Å². The molecule has 0 bridgehead atoms. The number of fused-ring (bicyclic) bond motifs is 1. The molecule has 1 atom stereocenters. The zero-order valence-electron chi connectivity index (χ0n) is 10.0. The third-order valence-corrected chi connectivity index (χ3v) is 4.00. The van der Waals surface area contributed by atoms with Gasteiger partial charge in [0.2, 0.25) is 0 Å². The second-order valence-corrected chi connectivity index (χ2v) is 5.26. The first-order chi connectivity index (χ1) is 9.16. The molecular weight excluding hydrogens is 279 g/mol. The van der Waals surface area contributed by atoms with Gasteiger partial charge in [0, 0.05) is 17.1 Å². The molecule has 2 nitrogen and oxygen atoms in total. The van der Waals surface area contributed by atoms with E-state index in [1.807, 2.05) is 36.5 Å². The predicted octanol–water partition coefficient (Wildman–Crippen LogP) is 4.52. The second-order valence-electron chi connectivity index (χ2n) is 4.44. The molecule has 0 spiro atoms. The van der Waals surface area contributed by atoms with Crippen LogP contribution in [-0.2, 0) is 0 Å². The summed E-state index contributed by atoms with van der Waals surface area (Å²) >= 11 is 12.0. The number of para-hydroxylation sites is 1. The standard InChI is InChI=1S/C15H12Cl2N2/c16-12-6-5-9(7-13(12)17)15(18)11-8-19-14-4-2-1-3-10(11)14/h1-8,15,19H,18H2. The van der Waals surface area contributed by atoms with Gasteiger partial charge in [0.05, 0.1) is 16.1 Å². The summed E-state index contributed by atoms with van der Waals surface area (Å²) in [5, 5.41) is 2.19. The number of halogens is 2. The Hall–Kier alpha value is -1.48. The number of nitrogens with one attached hydrogen (secondary N) is 1. The number of hydrogen-bond donors (Lipinski definition) is 2. The van der Waals surface area contributed by atoms with Gasteiger partial charge < -0.3 is 10.7 Å². The lowest BCUT2D eigenvalue weighted by Gasteiger charge is -2.12. The molecule has 19 heavy (non-hydrogen) atoms. The van der Waals surface area contributed by atoms with E-state index in [2.05, 4.69) is 11.1 Å². The minimum Gasteiger partial charge on any atom is -0.361 e. The average molecular weight is 291 g/mol. The summed E-state index contributed by atoms with van der Waals surface area (Å²) in [4.78, 5) is 3.23. The van der Waals surface area contributed by atoms with Crippen LogP contribution in [0.5, 0.6) is 0 Å². The van der Waals surface area contributed by atoms with E-state index in [4.69, 9.17) is 28.9 Å². The molecule has 0 amide bonds. The molecule has 4 heteroatoms. The van der Waals surface area contributed by atoms with Gasteiger partial charge in [-0.05, 0) is 29.3 Å². The zero-order valence-corrected chi connectivity index (χ0v) is 11.5. The topological polar surface area (TPSA) is 41.8 Å². The van der Waals surface area contributed by atoms with Gasteiger partial charge >= 0.3 is 0 Å². The number of benzene rings is 2. The highest BCUT2D eigenvalue weighted by Gasteiger charge is 2.14. The first-order valence-corrected chi connectivity index (χ1v) is 6.69. The van der Waals surface area contributed by atoms with Crippen LogP contribution in [0.25, 0.3) is 10.9 Å². The molecule has 96 valence electrons. The molecule has 0 saturated heterocycles. The average Bonchev–Trinajstić information content (AvgIpc) is 2.85. The molecule has 3 aromatic rings. The Labute approximate surface area is 121 Å². The monoisotopic (exact) mass is 290 g/mol. The highest BCUT2D eigenvalue weighted by molar-refractivity contribution is 6.42. The van der Waals surface area contributed by atoms with Gasteiger partial charge in [0.25, 0.3) is 0 Å². The fraction of sp³-hybridized carbons (Fsp3) is 0.0667. The molecule has 0 saturated carbocycles. The molecule has 1 aromatic heterocycles. The molecule has 3 rings (SSSR count). The summed E-state index contributed by atoms with van der Waals surface area (Å²) in [5.74, 6) is 0. The Morgan fingerprint density at radius 3 is 2.58 bits per heavy atom. The summed E-state index contributed by atoms with van der Waals surface area (Å²) in [5.41, 5.74) is 9.39. The molecule has 0 aliphatic heterocycles. The third-order valence-electron chi connectivity index (χ3n) is 3.26. The van der Waals surface area contributed by atoms with Crippen LogP contribution >= 0.6 is 23.2 Å². The summed E-state index contributed by atoms with van der Waals surface area (Å²) in [7, 11) is 0. The van der Waals surface area contributed by atoms with Crippen LogP contribution in [0.1, 0.15) is 17.2 Å². The molecule has 3 N–H and O–H groups in total. The molecular formula is C15H12Cl2N2. The largest absolute Gasteiger partial charge is 0.361 e. The zero-order chi connectivity index (χ0) is 13.4. The Morgan fingerprint density at radius 1 is 1.00 bits per heavy atom. The van der Waals surface area contributed by atoms with E-state index in [-0.39, 0.29) is 6.04 Å². The molecule has 0 radical (unpaired) electrons. The van der Waals surface area contributed by atoms with Crippen molar-refractivity contribution in [2.75, 3.05) is 0 Å². The maximum Gasteiger partial charge on any atom is 0.0595 e.